The van der Waals surface area contributed by atoms with Crippen molar-refractivity contribution in [1.29, 1.82) is 0 Å². The molecule has 0 rings (SSSR count). The van der Waals surface area contributed by atoms with Crippen molar-refractivity contribution < 1.29 is 59.0 Å². The predicted octanol–water partition coefficient (Wildman–Crippen LogP) is 4.07. The van der Waals surface area contributed by atoms with E-state index in [0.717, 1.165) is 50.4 Å². The van der Waals surface area contributed by atoms with Crippen LogP contribution in [0, 0.1) is 17.3 Å². The maximum atomic E-state index is 11.4. The highest BCUT2D eigenvalue weighted by molar-refractivity contribution is 7.53. The molecule has 246 valence electrons. The number of unbranched alkanes of at least 4 members (excludes halogenated alkanes) is 8. The van der Waals surface area contributed by atoms with Gasteiger partial charge in [0.1, 0.15) is 0 Å². The quantitative estimate of drug-likeness (QED) is 0.0592. The first-order chi connectivity index (χ1) is 18.6. The first-order valence-corrected chi connectivity index (χ1v) is 17.6. The second-order valence-electron chi connectivity index (χ2n) is 11.0. The summed E-state index contributed by atoms with van der Waals surface area (Å²) < 4.78 is 3.60. The number of aliphatic hydroxyl groups excluding tert-OH is 3. The van der Waals surface area contributed by atoms with Crippen LogP contribution in [-0.4, -0.2) is 80.1 Å². The van der Waals surface area contributed by atoms with Gasteiger partial charge in [0.25, 0.3) is 0 Å². The van der Waals surface area contributed by atoms with Crippen LogP contribution in [0.3, 0.4) is 0 Å². The van der Waals surface area contributed by atoms with Crippen molar-refractivity contribution in [2.75, 3.05) is 19.8 Å². The fourth-order valence-electron chi connectivity index (χ4n) is 4.31. The Kier molecular flexibility index (Phi) is 32.3. The molecule has 0 aliphatic rings. The molecule has 0 unspecified atom stereocenters. The van der Waals surface area contributed by atoms with E-state index in [0.29, 0.717) is 12.8 Å². The van der Waals surface area contributed by atoms with Gasteiger partial charge in [-0.25, -0.2) is 4.31 Å². The molecule has 0 bridgehead atoms. The second kappa shape index (κ2) is 28.6. The van der Waals surface area contributed by atoms with Crippen molar-refractivity contribution in [3.05, 3.63) is 0 Å². The summed E-state index contributed by atoms with van der Waals surface area (Å²) in [5.41, 5.74) is -2.43. The summed E-state index contributed by atoms with van der Waals surface area (Å²) in [6.45, 7) is 7.84. The van der Waals surface area contributed by atoms with Crippen molar-refractivity contribution >= 4 is 25.8 Å². The molecule has 0 atom stereocenters. The summed E-state index contributed by atoms with van der Waals surface area (Å²) >= 11 is 0. The van der Waals surface area contributed by atoms with Gasteiger partial charge in [0.15, 0.2) is 0 Å². The molecule has 0 aliphatic carbocycles. The molecule has 0 amide bonds. The molecule has 0 saturated heterocycles. The van der Waals surface area contributed by atoms with E-state index in [1.807, 2.05) is 0 Å². The van der Waals surface area contributed by atoms with Crippen molar-refractivity contribution in [3.8, 4) is 0 Å². The third-order valence-electron chi connectivity index (χ3n) is 6.78. The third-order valence-corrected chi connectivity index (χ3v) is 7.95. The fourth-order valence-corrected chi connectivity index (χ4v) is 4.84. The first kappa shape index (κ1) is 45.2. The molecule has 0 radical (unpaired) electrons. The van der Waals surface area contributed by atoms with Gasteiger partial charge >= 0.3 is 25.8 Å². The maximum absolute atomic E-state index is 11.4. The Morgan fingerprint density at radius 2 is 0.800 bits per heavy atom. The first-order valence-electron chi connectivity index (χ1n) is 14.1. The minimum Gasteiger partial charge on any atom is -0.395 e. The smallest absolute Gasteiger partial charge is 0.334 e. The van der Waals surface area contributed by atoms with Crippen LogP contribution in [0.4, 0.5) is 0 Å². The molecule has 0 spiro atoms. The lowest BCUT2D eigenvalue weighted by Crippen LogP contribution is -2.55. The van der Waals surface area contributed by atoms with Crippen LogP contribution in [-0.2, 0) is 4.31 Å². The number of rotatable bonds is 22. The van der Waals surface area contributed by atoms with Crippen molar-refractivity contribution in [3.63, 3.8) is 0 Å². The maximum Gasteiger partial charge on any atom is 0.334 e. The number of hydrogen-bond acceptors (Lipinski definition) is 12. The number of hydrogen-bond donors (Lipinski definition) is 11. The van der Waals surface area contributed by atoms with Crippen LogP contribution >= 0.6 is 25.8 Å². The van der Waals surface area contributed by atoms with Crippen LogP contribution in [0.1, 0.15) is 118 Å². The molecule has 0 fully saturated rings. The topological polar surface area (TPSA) is 232 Å². The van der Waals surface area contributed by atoms with E-state index in [2.05, 4.69) is 32.0 Å². The van der Waals surface area contributed by atoms with Crippen molar-refractivity contribution in [2.24, 2.45) is 17.3 Å². The Morgan fingerprint density at radius 3 is 1.02 bits per heavy atom. The van der Waals surface area contributed by atoms with Gasteiger partial charge in [-0.1, -0.05) is 105 Å². The molecule has 0 heterocycles. The monoisotopic (exact) mass is 644 g/mol. The van der Waals surface area contributed by atoms with Gasteiger partial charge in [0.05, 0.1) is 30.8 Å². The molecule has 0 saturated carbocycles. The van der Waals surface area contributed by atoms with Gasteiger partial charge in [0.2, 0.25) is 0 Å². The average Bonchev–Trinajstić information content (AvgIpc) is 2.83. The zero-order valence-corrected chi connectivity index (χ0v) is 27.5. The molecule has 12 nitrogen and oxygen atoms in total. The third kappa shape index (κ3) is 27.6. The SMILES string of the molecule is CC(C)CCCCCCCC(O)(CCCCCCCC(C)C)C(CO)(CO)CO.OP(O)O.OP(O)OP(O)O. The highest BCUT2D eigenvalue weighted by Crippen LogP contribution is 2.42. The van der Waals surface area contributed by atoms with E-state index < -0.39 is 36.8 Å². The second-order valence-corrected chi connectivity index (χ2v) is 13.2. The van der Waals surface area contributed by atoms with Crippen LogP contribution in [0.15, 0.2) is 0 Å². The molecule has 15 heteroatoms. The Morgan fingerprint density at radius 1 is 0.525 bits per heavy atom. The minimum absolute atomic E-state index is 0.390. The Labute approximate surface area is 245 Å². The highest BCUT2D eigenvalue weighted by Gasteiger charge is 2.48. The molecule has 0 aromatic rings. The average molecular weight is 645 g/mol. The molecule has 40 heavy (non-hydrogen) atoms. The van der Waals surface area contributed by atoms with E-state index in [9.17, 15) is 20.4 Å². The summed E-state index contributed by atoms with van der Waals surface area (Å²) in [7, 11) is -7.84. The normalized spacial score (nSPS) is 12.3. The summed E-state index contributed by atoms with van der Waals surface area (Å²) in [6.07, 6.45) is 14.7. The molecular weight excluding hydrogens is 585 g/mol. The van der Waals surface area contributed by atoms with E-state index >= 15 is 0 Å². The van der Waals surface area contributed by atoms with E-state index in [1.54, 1.807) is 0 Å². The highest BCUT2D eigenvalue weighted by atomic mass is 31.2. The summed E-state index contributed by atoms with van der Waals surface area (Å²) in [5, 5.41) is 41.0. The van der Waals surface area contributed by atoms with Gasteiger partial charge < -0.3 is 54.7 Å². The van der Waals surface area contributed by atoms with E-state index in [4.69, 9.17) is 34.3 Å². The summed E-state index contributed by atoms with van der Waals surface area (Å²) in [5.74, 6) is 1.51. The van der Waals surface area contributed by atoms with Gasteiger partial charge in [-0.15, -0.1) is 0 Å². The predicted molar refractivity (Wildman–Crippen MR) is 160 cm³/mol. The van der Waals surface area contributed by atoms with E-state index in [1.165, 1.54) is 38.5 Å². The lowest BCUT2D eigenvalue weighted by atomic mass is 9.68. The molecule has 0 aromatic heterocycles. The van der Waals surface area contributed by atoms with Crippen LogP contribution in [0.5, 0.6) is 0 Å². The summed E-state index contributed by atoms with van der Waals surface area (Å²) in [6, 6.07) is 0. The van der Waals surface area contributed by atoms with Crippen molar-refractivity contribution in [1.82, 2.24) is 0 Å². The van der Waals surface area contributed by atoms with Crippen molar-refractivity contribution in [2.45, 2.75) is 123 Å². The zero-order valence-electron chi connectivity index (χ0n) is 24.8. The summed E-state index contributed by atoms with van der Waals surface area (Å²) in [4.78, 5) is 53.0. The Hall–Kier alpha value is 0.810. The lowest BCUT2D eigenvalue weighted by molar-refractivity contribution is -0.162. The van der Waals surface area contributed by atoms with Crippen LogP contribution < -0.4 is 0 Å². The zero-order chi connectivity index (χ0) is 31.6. The largest absolute Gasteiger partial charge is 0.395 e. The Bertz CT molecular complexity index is 486. The van der Waals surface area contributed by atoms with Gasteiger partial charge in [0, 0.05) is 0 Å². The molecule has 11 N–H and O–H groups in total. The van der Waals surface area contributed by atoms with Gasteiger partial charge in [-0.05, 0) is 24.7 Å². The molecular formula is C25H59O12P3. The fraction of sp³-hybridized carbons (Fsp3) is 1.00. The molecule has 0 aromatic carbocycles. The minimum atomic E-state index is -2.62. The lowest BCUT2D eigenvalue weighted by Gasteiger charge is -2.44. The van der Waals surface area contributed by atoms with Crippen LogP contribution in [0.2, 0.25) is 0 Å². The molecule has 0 aliphatic heterocycles. The Balaban J connectivity index is -0.00000104. The van der Waals surface area contributed by atoms with Gasteiger partial charge in [-0.2, -0.15) is 0 Å². The van der Waals surface area contributed by atoms with E-state index in [-0.39, 0.29) is 19.8 Å². The number of aliphatic hydroxyl groups is 4. The van der Waals surface area contributed by atoms with Crippen LogP contribution in [0.25, 0.3) is 0 Å². The standard InChI is InChI=1S/C25H52O4.H4O5P2.H3O3P/c1-22(2)15-11-7-5-9-13-17-25(29,24(19-26,20-27)21-28)18-14-10-6-8-12-16-23(3)4;1-6(2)5-7(3)4;1-4(2)3/h22-23,26-29H,5-21H2,1-4H3;1-4H;1-3H. The van der Waals surface area contributed by atoms with Gasteiger partial charge in [-0.3, -0.25) is 0 Å².